The molecule has 1 heterocycles. The lowest BCUT2D eigenvalue weighted by atomic mass is 10.1. The number of benzene rings is 1. The average Bonchev–Trinajstić information content (AvgIpc) is 2.05. The van der Waals surface area contributed by atoms with E-state index in [-0.39, 0.29) is 17.4 Å². The zero-order chi connectivity index (χ0) is 6.81. The smallest absolute Gasteiger partial charge is 0.187 e. The van der Waals surface area contributed by atoms with Crippen LogP contribution in [0.3, 0.4) is 0 Å². The lowest BCUT2D eigenvalue weighted by Crippen LogP contribution is -1.98. The topological polar surface area (TPSA) is 9.23 Å². The lowest BCUT2D eigenvalue weighted by molar-refractivity contribution is 0.358. The van der Waals surface area contributed by atoms with Crippen molar-refractivity contribution in [2.45, 2.75) is 0 Å². The highest BCUT2D eigenvalue weighted by atomic mass is 27.0. The highest BCUT2D eigenvalue weighted by molar-refractivity contribution is 5.75. The molecule has 0 radical (unpaired) electrons. The van der Waals surface area contributed by atoms with Crippen molar-refractivity contribution in [3.8, 4) is 5.75 Å². The van der Waals surface area contributed by atoms with Crippen molar-refractivity contribution in [3.05, 3.63) is 35.9 Å². The summed E-state index contributed by atoms with van der Waals surface area (Å²) in [6.45, 7) is 0.705. The zero-order valence-electron chi connectivity index (χ0n) is 5.58. The molecule has 1 nitrogen and oxygen atoms in total. The molecule has 0 fully saturated rings. The molecule has 0 atom stereocenters. The van der Waals surface area contributed by atoms with Crippen LogP contribution in [-0.2, 0) is 0 Å². The fourth-order valence-corrected chi connectivity index (χ4v) is 1.06. The first-order valence-corrected chi connectivity index (χ1v) is 3.35. The van der Waals surface area contributed by atoms with E-state index in [1.54, 1.807) is 0 Å². The summed E-state index contributed by atoms with van der Waals surface area (Å²) in [6.07, 6.45) is 4.10. The molecule has 0 N–H and O–H groups in total. The summed E-state index contributed by atoms with van der Waals surface area (Å²) < 4.78 is 5.34. The molecule has 0 saturated heterocycles. The Morgan fingerprint density at radius 2 is 2.00 bits per heavy atom. The van der Waals surface area contributed by atoms with Gasteiger partial charge in [0.15, 0.2) is 17.4 Å². The normalized spacial score (nSPS) is 12.7. The maximum Gasteiger partial charge on any atom is 0.187 e. The predicted octanol–water partition coefficient (Wildman–Crippen LogP) is 0.908. The van der Waals surface area contributed by atoms with E-state index in [0.717, 1.165) is 5.75 Å². The first kappa shape index (κ1) is 8.39. The van der Waals surface area contributed by atoms with Crippen molar-refractivity contribution < 1.29 is 4.74 Å². The summed E-state index contributed by atoms with van der Waals surface area (Å²) >= 11 is 0. The summed E-state index contributed by atoms with van der Waals surface area (Å²) in [6, 6.07) is 8.03. The Kier molecular flexibility index (Phi) is 2.76. The van der Waals surface area contributed by atoms with E-state index >= 15 is 0 Å². The number of hydrogen-bond acceptors (Lipinski definition) is 1. The van der Waals surface area contributed by atoms with Gasteiger partial charge in [-0.15, -0.1) is 0 Å². The maximum absolute atomic E-state index is 5.34. The van der Waals surface area contributed by atoms with Gasteiger partial charge in [0.05, 0.1) is 0 Å². The molecule has 0 aliphatic carbocycles. The summed E-state index contributed by atoms with van der Waals surface area (Å²) in [5, 5.41) is 0. The van der Waals surface area contributed by atoms with Crippen LogP contribution in [0.15, 0.2) is 30.3 Å². The first-order valence-electron chi connectivity index (χ1n) is 3.35. The Balaban J connectivity index is 0.000000605. The monoisotopic (exact) mass is 162 g/mol. The molecule has 11 heavy (non-hydrogen) atoms. The van der Waals surface area contributed by atoms with Crippen LogP contribution >= 0.6 is 0 Å². The van der Waals surface area contributed by atoms with Gasteiger partial charge in [0, 0.05) is 5.56 Å². The van der Waals surface area contributed by atoms with Crippen LogP contribution in [-0.4, -0.2) is 24.0 Å². The number of para-hydroxylation sites is 1. The SMILES string of the molecule is C1=Cc2ccccc2OC1.[AlH3]. The molecule has 2 heteroatoms. The quantitative estimate of drug-likeness (QED) is 0.515. The highest BCUT2D eigenvalue weighted by Gasteiger charge is 2.01. The third kappa shape index (κ3) is 1.65. The number of hydrogen-bond donors (Lipinski definition) is 0. The summed E-state index contributed by atoms with van der Waals surface area (Å²) in [5.74, 6) is 0.991. The fourth-order valence-electron chi connectivity index (χ4n) is 1.06. The Morgan fingerprint density at radius 3 is 2.82 bits per heavy atom. The van der Waals surface area contributed by atoms with E-state index in [2.05, 4.69) is 6.08 Å². The van der Waals surface area contributed by atoms with Crippen molar-refractivity contribution in [2.24, 2.45) is 0 Å². The van der Waals surface area contributed by atoms with E-state index in [1.165, 1.54) is 5.56 Å². The standard InChI is InChI=1S/C9H8O.Al.3H/c1-2-6-9-8(4-1)5-3-7-10-9;;;;/h1-6H,7H2;;;;. The van der Waals surface area contributed by atoms with Gasteiger partial charge in [0.1, 0.15) is 12.4 Å². The van der Waals surface area contributed by atoms with Gasteiger partial charge in [-0.25, -0.2) is 0 Å². The van der Waals surface area contributed by atoms with E-state index in [9.17, 15) is 0 Å². The van der Waals surface area contributed by atoms with Crippen molar-refractivity contribution in [2.75, 3.05) is 6.61 Å². The molecule has 1 aromatic rings. The lowest BCUT2D eigenvalue weighted by Gasteiger charge is -2.10. The largest absolute Gasteiger partial charge is 0.489 e. The van der Waals surface area contributed by atoms with E-state index in [4.69, 9.17) is 4.74 Å². The third-order valence-electron chi connectivity index (χ3n) is 1.55. The molecule has 0 aromatic heterocycles. The molecule has 0 bridgehead atoms. The van der Waals surface area contributed by atoms with Crippen LogP contribution in [0.5, 0.6) is 5.75 Å². The van der Waals surface area contributed by atoms with E-state index in [0.29, 0.717) is 6.61 Å². The van der Waals surface area contributed by atoms with Crippen molar-refractivity contribution in [1.29, 1.82) is 0 Å². The third-order valence-corrected chi connectivity index (χ3v) is 1.55. The van der Waals surface area contributed by atoms with Crippen LogP contribution in [0, 0.1) is 0 Å². The molecule has 0 unspecified atom stereocenters. The second kappa shape index (κ2) is 3.62. The summed E-state index contributed by atoms with van der Waals surface area (Å²) in [7, 11) is 0. The van der Waals surface area contributed by atoms with Crippen LogP contribution in [0.25, 0.3) is 6.08 Å². The maximum atomic E-state index is 5.34. The number of rotatable bonds is 0. The molecule has 0 saturated carbocycles. The first-order chi connectivity index (χ1) is 4.97. The van der Waals surface area contributed by atoms with Crippen LogP contribution in [0.4, 0.5) is 0 Å². The number of ether oxygens (including phenoxy) is 1. The van der Waals surface area contributed by atoms with Gasteiger partial charge >= 0.3 is 0 Å². The average molecular weight is 162 g/mol. The summed E-state index contributed by atoms with van der Waals surface area (Å²) in [5.41, 5.74) is 1.17. The second-order valence-electron chi connectivity index (χ2n) is 2.25. The van der Waals surface area contributed by atoms with Gasteiger partial charge in [-0.2, -0.15) is 0 Å². The molecule has 1 aliphatic heterocycles. The minimum absolute atomic E-state index is 0. The second-order valence-corrected chi connectivity index (χ2v) is 2.25. The van der Waals surface area contributed by atoms with Gasteiger partial charge < -0.3 is 4.74 Å². The Morgan fingerprint density at radius 1 is 1.18 bits per heavy atom. The minimum atomic E-state index is 0. The van der Waals surface area contributed by atoms with Gasteiger partial charge in [-0.05, 0) is 12.1 Å². The molecule has 0 amide bonds. The minimum Gasteiger partial charge on any atom is -0.489 e. The van der Waals surface area contributed by atoms with Crippen molar-refractivity contribution in [1.82, 2.24) is 0 Å². The Hall–Kier alpha value is -0.708. The van der Waals surface area contributed by atoms with Gasteiger partial charge in [-0.3, -0.25) is 0 Å². The van der Waals surface area contributed by atoms with Gasteiger partial charge in [0.25, 0.3) is 0 Å². The molecule has 56 valence electrons. The Bertz CT molecular complexity index is 268. The number of fused-ring (bicyclic) bond motifs is 1. The van der Waals surface area contributed by atoms with E-state index in [1.807, 2.05) is 30.3 Å². The molecule has 2 rings (SSSR count). The fraction of sp³-hybridized carbons (Fsp3) is 0.111. The highest BCUT2D eigenvalue weighted by Crippen LogP contribution is 2.21. The van der Waals surface area contributed by atoms with Crippen LogP contribution < -0.4 is 4.74 Å². The van der Waals surface area contributed by atoms with Gasteiger partial charge in [0.2, 0.25) is 0 Å². The van der Waals surface area contributed by atoms with Crippen LogP contribution in [0.2, 0.25) is 0 Å². The van der Waals surface area contributed by atoms with Crippen molar-refractivity contribution in [3.63, 3.8) is 0 Å². The molecular formula is C9H11AlO. The zero-order valence-corrected chi connectivity index (χ0v) is 5.58. The molecule has 1 aliphatic rings. The molecule has 0 spiro atoms. The predicted molar refractivity (Wildman–Crippen MR) is 50.9 cm³/mol. The van der Waals surface area contributed by atoms with Crippen LogP contribution in [0.1, 0.15) is 5.56 Å². The van der Waals surface area contributed by atoms with Gasteiger partial charge in [-0.1, -0.05) is 24.3 Å². The molecular weight excluding hydrogens is 151 g/mol. The molecule has 1 aromatic carbocycles. The van der Waals surface area contributed by atoms with E-state index < -0.39 is 0 Å². The van der Waals surface area contributed by atoms with Crippen molar-refractivity contribution >= 4 is 23.4 Å². The Labute approximate surface area is 76.8 Å². The summed E-state index contributed by atoms with van der Waals surface area (Å²) in [4.78, 5) is 0.